The predicted molar refractivity (Wildman–Crippen MR) is 107 cm³/mol. The van der Waals surface area contributed by atoms with Crippen LogP contribution in [-0.4, -0.2) is 46.3 Å². The number of hydrogen-bond acceptors (Lipinski definition) is 4. The molecule has 1 aliphatic heterocycles. The molecule has 0 radical (unpaired) electrons. The molecule has 150 valence electrons. The van der Waals surface area contributed by atoms with Gasteiger partial charge in [0.05, 0.1) is 36.5 Å². The summed E-state index contributed by atoms with van der Waals surface area (Å²) in [4.78, 5) is 27.1. The average Bonchev–Trinajstić information content (AvgIpc) is 3.11. The molecule has 3 rings (SSSR count). The molecular formula is C22H29N3O3. The van der Waals surface area contributed by atoms with Crippen molar-refractivity contribution in [2.75, 3.05) is 19.7 Å². The van der Waals surface area contributed by atoms with Gasteiger partial charge in [0.25, 0.3) is 5.91 Å². The molecule has 1 aromatic heterocycles. The number of rotatable bonds is 7. The summed E-state index contributed by atoms with van der Waals surface area (Å²) >= 11 is 0. The van der Waals surface area contributed by atoms with Crippen molar-refractivity contribution >= 4 is 11.9 Å². The molecule has 0 aliphatic carbocycles. The molecule has 0 unspecified atom stereocenters. The first-order valence-corrected chi connectivity index (χ1v) is 10.2. The van der Waals surface area contributed by atoms with Gasteiger partial charge in [-0.25, -0.2) is 0 Å². The summed E-state index contributed by atoms with van der Waals surface area (Å²) in [6.07, 6.45) is 5.01. The van der Waals surface area contributed by atoms with Crippen LogP contribution >= 0.6 is 0 Å². The maximum absolute atomic E-state index is 13.2. The molecule has 1 saturated heterocycles. The Morgan fingerprint density at radius 2 is 2.00 bits per heavy atom. The van der Waals surface area contributed by atoms with Crippen LogP contribution in [0.25, 0.3) is 0 Å². The minimum Gasteiger partial charge on any atom is -0.466 e. The maximum atomic E-state index is 13.2. The first-order chi connectivity index (χ1) is 13.6. The van der Waals surface area contributed by atoms with E-state index in [2.05, 4.69) is 24.2 Å². The topological polar surface area (TPSA) is 64.4 Å². The van der Waals surface area contributed by atoms with Crippen LogP contribution in [0.4, 0.5) is 0 Å². The lowest BCUT2D eigenvalue weighted by molar-refractivity contribution is -0.149. The van der Waals surface area contributed by atoms with Gasteiger partial charge in [0.2, 0.25) is 0 Å². The molecule has 0 bridgehead atoms. The molecular weight excluding hydrogens is 354 g/mol. The number of hydrogen-bond donors (Lipinski definition) is 0. The zero-order valence-corrected chi connectivity index (χ0v) is 16.8. The molecule has 0 saturated carbocycles. The fraction of sp³-hybridized carbons (Fsp3) is 0.500. The van der Waals surface area contributed by atoms with E-state index < -0.39 is 0 Å². The molecule has 6 heteroatoms. The minimum absolute atomic E-state index is 0.0308. The third-order valence-corrected chi connectivity index (χ3v) is 5.17. The quantitative estimate of drug-likeness (QED) is 0.688. The van der Waals surface area contributed by atoms with Crippen LogP contribution in [0.5, 0.6) is 0 Å². The Labute approximate surface area is 166 Å². The summed E-state index contributed by atoms with van der Waals surface area (Å²) in [6, 6.07) is 10.1. The molecule has 1 aromatic carbocycles. The molecule has 1 aliphatic rings. The van der Waals surface area contributed by atoms with Gasteiger partial charge in [-0.2, -0.15) is 5.10 Å². The van der Waals surface area contributed by atoms with Crippen molar-refractivity contribution in [1.29, 1.82) is 0 Å². The Bertz CT molecular complexity index is 801. The number of nitrogens with zero attached hydrogens (tertiary/aromatic N) is 3. The molecule has 2 heterocycles. The third kappa shape index (κ3) is 4.61. The van der Waals surface area contributed by atoms with Crippen molar-refractivity contribution in [2.24, 2.45) is 5.92 Å². The van der Waals surface area contributed by atoms with Gasteiger partial charge >= 0.3 is 5.97 Å². The van der Waals surface area contributed by atoms with E-state index in [1.54, 1.807) is 11.1 Å². The van der Waals surface area contributed by atoms with Gasteiger partial charge in [0.1, 0.15) is 0 Å². The Morgan fingerprint density at radius 1 is 1.21 bits per heavy atom. The molecule has 1 fully saturated rings. The van der Waals surface area contributed by atoms with Gasteiger partial charge in [-0.3, -0.25) is 14.3 Å². The highest BCUT2D eigenvalue weighted by atomic mass is 16.5. The lowest BCUT2D eigenvalue weighted by atomic mass is 9.97. The van der Waals surface area contributed by atoms with E-state index in [1.807, 2.05) is 29.8 Å². The predicted octanol–water partition coefficient (Wildman–Crippen LogP) is 3.30. The maximum Gasteiger partial charge on any atom is 0.310 e. The molecule has 0 spiro atoms. The lowest BCUT2D eigenvalue weighted by Crippen LogP contribution is -2.43. The molecule has 0 N–H and O–H groups in total. The zero-order valence-electron chi connectivity index (χ0n) is 16.8. The van der Waals surface area contributed by atoms with Crippen LogP contribution < -0.4 is 0 Å². The molecule has 6 nitrogen and oxygen atoms in total. The normalized spacial score (nSPS) is 16.8. The summed E-state index contributed by atoms with van der Waals surface area (Å²) in [6.45, 7) is 6.02. The van der Waals surface area contributed by atoms with E-state index in [9.17, 15) is 9.59 Å². The van der Waals surface area contributed by atoms with Crippen LogP contribution in [0.2, 0.25) is 0 Å². The number of piperidine rings is 1. The first kappa shape index (κ1) is 20.1. The number of benzene rings is 1. The second-order valence-electron chi connectivity index (χ2n) is 7.24. The third-order valence-electron chi connectivity index (χ3n) is 5.17. The molecule has 2 aromatic rings. The Morgan fingerprint density at radius 3 is 2.71 bits per heavy atom. The monoisotopic (exact) mass is 383 g/mol. The molecule has 28 heavy (non-hydrogen) atoms. The SMILES string of the molecule is CCCc1c(C(=O)N2CCC[C@H](C(=O)OCC)C2)cnn1Cc1ccccc1. The van der Waals surface area contributed by atoms with Crippen molar-refractivity contribution in [2.45, 2.75) is 46.1 Å². The van der Waals surface area contributed by atoms with Crippen LogP contribution in [0, 0.1) is 5.92 Å². The lowest BCUT2D eigenvalue weighted by Gasteiger charge is -2.31. The summed E-state index contributed by atoms with van der Waals surface area (Å²) in [5.74, 6) is -0.461. The summed E-state index contributed by atoms with van der Waals surface area (Å²) < 4.78 is 7.08. The largest absolute Gasteiger partial charge is 0.466 e. The first-order valence-electron chi connectivity index (χ1n) is 10.2. The van der Waals surface area contributed by atoms with Gasteiger partial charge in [-0.15, -0.1) is 0 Å². The van der Waals surface area contributed by atoms with Gasteiger partial charge < -0.3 is 9.64 Å². The minimum atomic E-state index is -0.230. The summed E-state index contributed by atoms with van der Waals surface area (Å²) in [7, 11) is 0. The van der Waals surface area contributed by atoms with E-state index in [-0.39, 0.29) is 17.8 Å². The number of carbonyl (C=O) groups excluding carboxylic acids is 2. The second-order valence-corrected chi connectivity index (χ2v) is 7.24. The fourth-order valence-electron chi connectivity index (χ4n) is 3.77. The van der Waals surface area contributed by atoms with Crippen molar-refractivity contribution in [1.82, 2.24) is 14.7 Å². The van der Waals surface area contributed by atoms with Gasteiger partial charge in [0, 0.05) is 13.1 Å². The van der Waals surface area contributed by atoms with E-state index in [0.717, 1.165) is 36.9 Å². The van der Waals surface area contributed by atoms with Gasteiger partial charge in [-0.05, 0) is 31.7 Å². The number of ether oxygens (including phenoxy) is 1. The number of carbonyl (C=O) groups is 2. The van der Waals surface area contributed by atoms with E-state index in [4.69, 9.17) is 4.74 Å². The highest BCUT2D eigenvalue weighted by molar-refractivity contribution is 5.95. The highest BCUT2D eigenvalue weighted by Crippen LogP contribution is 2.22. The average molecular weight is 383 g/mol. The second kappa shape index (κ2) is 9.53. The molecule has 1 amide bonds. The number of esters is 1. The van der Waals surface area contributed by atoms with Gasteiger partial charge in [-0.1, -0.05) is 43.7 Å². The van der Waals surface area contributed by atoms with Crippen molar-refractivity contribution < 1.29 is 14.3 Å². The number of amides is 1. The van der Waals surface area contributed by atoms with Crippen molar-refractivity contribution in [3.8, 4) is 0 Å². The van der Waals surface area contributed by atoms with Gasteiger partial charge in [0.15, 0.2) is 0 Å². The summed E-state index contributed by atoms with van der Waals surface area (Å²) in [5.41, 5.74) is 2.78. The summed E-state index contributed by atoms with van der Waals surface area (Å²) in [5, 5.41) is 4.51. The van der Waals surface area contributed by atoms with Crippen LogP contribution in [0.3, 0.4) is 0 Å². The fourth-order valence-corrected chi connectivity index (χ4v) is 3.77. The standard InChI is InChI=1S/C22H29N3O3/c1-3-9-20-19(14-23-25(20)15-17-10-6-5-7-11-17)21(26)24-13-8-12-18(16-24)22(27)28-4-2/h5-7,10-11,14,18H,3-4,8-9,12-13,15-16H2,1-2H3/t18-/m0/s1. The Balaban J connectivity index is 1.78. The van der Waals surface area contributed by atoms with Crippen LogP contribution in [-0.2, 0) is 22.5 Å². The highest BCUT2D eigenvalue weighted by Gasteiger charge is 2.31. The van der Waals surface area contributed by atoms with Crippen molar-refractivity contribution in [3.05, 3.63) is 53.3 Å². The van der Waals surface area contributed by atoms with Crippen LogP contribution in [0.1, 0.15) is 54.7 Å². The molecule has 1 atom stereocenters. The van der Waals surface area contributed by atoms with E-state index in [1.165, 1.54) is 0 Å². The number of likely N-dealkylation sites (tertiary alicyclic amines) is 1. The smallest absolute Gasteiger partial charge is 0.310 e. The van der Waals surface area contributed by atoms with Crippen molar-refractivity contribution in [3.63, 3.8) is 0 Å². The van der Waals surface area contributed by atoms with E-state index in [0.29, 0.717) is 31.8 Å². The van der Waals surface area contributed by atoms with Crippen LogP contribution in [0.15, 0.2) is 36.5 Å². The Kier molecular flexibility index (Phi) is 6.85. The number of aromatic nitrogens is 2. The Hall–Kier alpha value is -2.63. The van der Waals surface area contributed by atoms with E-state index >= 15 is 0 Å². The zero-order chi connectivity index (χ0) is 19.9.